The number of ketones is 3. The number of benzene rings is 1. The van der Waals surface area contributed by atoms with Gasteiger partial charge < -0.3 is 31.9 Å². The minimum atomic E-state index is -2.72. The van der Waals surface area contributed by atoms with Crippen molar-refractivity contribution in [2.24, 2.45) is 17.6 Å². The first-order valence-electron chi connectivity index (χ1n) is 10.5. The monoisotopic (exact) mass is 471 g/mol. The minimum Gasteiger partial charge on any atom is -0.510 e. The van der Waals surface area contributed by atoms with Gasteiger partial charge in [0.05, 0.1) is 17.3 Å². The maximum absolute atomic E-state index is 13.5. The molecule has 1 amide bonds. The Labute approximate surface area is 194 Å². The highest BCUT2D eigenvalue weighted by atomic mass is 16.3. The summed E-state index contributed by atoms with van der Waals surface area (Å²) in [5.41, 5.74) is 7.07. The van der Waals surface area contributed by atoms with Crippen molar-refractivity contribution < 1.29 is 39.6 Å². The fourth-order valence-electron chi connectivity index (χ4n) is 5.65. The second-order valence-corrected chi connectivity index (χ2v) is 9.23. The smallest absolute Gasteiger partial charge is 0.255 e. The Bertz CT molecular complexity index is 1260. The van der Waals surface area contributed by atoms with Gasteiger partial charge in [-0.3, -0.25) is 24.1 Å². The van der Waals surface area contributed by atoms with E-state index in [1.165, 1.54) is 17.9 Å². The number of nitrogens with two attached hydrogens (primary N) is 2. The zero-order valence-corrected chi connectivity index (χ0v) is 18.7. The number of nitrogens with zero attached hydrogens (tertiary/aromatic N) is 1. The number of hydrogen-bond acceptors (Lipinski definition) is 10. The predicted molar refractivity (Wildman–Crippen MR) is 118 cm³/mol. The molecule has 0 spiro atoms. The Morgan fingerprint density at radius 3 is 2.32 bits per heavy atom. The van der Waals surface area contributed by atoms with Crippen LogP contribution in [0.15, 0.2) is 28.7 Å². The molecule has 0 fully saturated rings. The van der Waals surface area contributed by atoms with Crippen LogP contribution in [0.2, 0.25) is 0 Å². The third-order valence-electron chi connectivity index (χ3n) is 7.13. The van der Waals surface area contributed by atoms with Gasteiger partial charge in [-0.05, 0) is 51.4 Å². The van der Waals surface area contributed by atoms with Gasteiger partial charge in [0.25, 0.3) is 5.91 Å². The van der Waals surface area contributed by atoms with Gasteiger partial charge in [-0.25, -0.2) is 0 Å². The van der Waals surface area contributed by atoms with Crippen molar-refractivity contribution in [3.05, 3.63) is 45.4 Å². The van der Waals surface area contributed by atoms with Crippen molar-refractivity contribution in [1.29, 1.82) is 0 Å². The van der Waals surface area contributed by atoms with E-state index in [-0.39, 0.29) is 46.6 Å². The lowest BCUT2D eigenvalue weighted by molar-refractivity contribution is -0.148. The van der Waals surface area contributed by atoms with Crippen LogP contribution in [0, 0.1) is 11.8 Å². The largest absolute Gasteiger partial charge is 0.510 e. The van der Waals surface area contributed by atoms with Crippen LogP contribution in [0.3, 0.4) is 0 Å². The first-order valence-corrected chi connectivity index (χ1v) is 10.5. The molecule has 1 aromatic carbocycles. The van der Waals surface area contributed by atoms with Crippen LogP contribution in [-0.2, 0) is 16.0 Å². The van der Waals surface area contributed by atoms with Gasteiger partial charge in [0.1, 0.15) is 22.8 Å². The number of anilines is 1. The summed E-state index contributed by atoms with van der Waals surface area (Å²) in [6.07, 6.45) is -0.0362. The molecule has 0 saturated carbocycles. The fourth-order valence-corrected chi connectivity index (χ4v) is 5.65. The van der Waals surface area contributed by atoms with Crippen molar-refractivity contribution in [1.82, 2.24) is 4.90 Å². The number of likely N-dealkylation sites (N-methyl/N-ethyl adjacent to an activating group) is 1. The standard InChI is InChI=1S/C23H25N3O8/c1-7(27)9-6-12(24)17(28)14-10(9)4-8-5-11-16(26(2)3)19(30)15(22(25)33)21(32)23(11,34)20(31)13(8)18(14)29/h6,8,11,16,28,30-31,34H,4-5,24H2,1-3H3,(H2,25,33)/t8-,11-,16-,23-/m0/s1. The van der Waals surface area contributed by atoms with Crippen molar-refractivity contribution in [3.8, 4) is 5.75 Å². The van der Waals surface area contributed by atoms with E-state index in [1.54, 1.807) is 14.1 Å². The maximum atomic E-state index is 13.5. The van der Waals surface area contributed by atoms with Gasteiger partial charge in [0.2, 0.25) is 5.78 Å². The molecule has 11 heteroatoms. The molecule has 3 aliphatic carbocycles. The van der Waals surface area contributed by atoms with E-state index in [0.29, 0.717) is 0 Å². The van der Waals surface area contributed by atoms with Crippen molar-refractivity contribution in [3.63, 3.8) is 0 Å². The lowest BCUT2D eigenvalue weighted by atomic mass is 9.58. The summed E-state index contributed by atoms with van der Waals surface area (Å²) in [6, 6.07) is 0.190. The number of aliphatic hydroxyl groups excluding tert-OH is 2. The molecule has 4 rings (SSSR count). The quantitative estimate of drug-likeness (QED) is 0.149. The Morgan fingerprint density at radius 1 is 1.18 bits per heavy atom. The molecule has 0 aromatic heterocycles. The van der Waals surface area contributed by atoms with Crippen LogP contribution in [0.4, 0.5) is 5.69 Å². The minimum absolute atomic E-state index is 0.0251. The number of carbonyl (C=O) groups excluding carboxylic acids is 4. The number of carbonyl (C=O) groups is 4. The van der Waals surface area contributed by atoms with E-state index >= 15 is 0 Å². The van der Waals surface area contributed by atoms with E-state index in [1.807, 2.05) is 0 Å². The number of phenols is 1. The van der Waals surface area contributed by atoms with E-state index in [0.717, 1.165) is 0 Å². The van der Waals surface area contributed by atoms with E-state index in [2.05, 4.69) is 0 Å². The molecule has 8 N–H and O–H groups in total. The topological polar surface area (TPSA) is 204 Å². The molecule has 0 heterocycles. The average molecular weight is 471 g/mol. The van der Waals surface area contributed by atoms with Crippen LogP contribution in [-0.4, -0.2) is 74.3 Å². The summed E-state index contributed by atoms with van der Waals surface area (Å²) in [6.45, 7) is 1.29. The lowest BCUT2D eigenvalue weighted by Crippen LogP contribution is -2.63. The Balaban J connectivity index is 2.00. The number of fused-ring (bicyclic) bond motifs is 3. The number of phenolic OH excluding ortho intramolecular Hbond substituents is 1. The molecular formula is C23H25N3O8. The van der Waals surface area contributed by atoms with Gasteiger partial charge in [-0.15, -0.1) is 0 Å². The molecule has 180 valence electrons. The van der Waals surface area contributed by atoms with Gasteiger partial charge in [0.15, 0.2) is 17.2 Å². The number of amides is 1. The third kappa shape index (κ3) is 2.83. The number of aromatic hydroxyl groups is 1. The number of allylic oxidation sites excluding steroid dienone is 1. The zero-order valence-electron chi connectivity index (χ0n) is 18.7. The molecule has 0 radical (unpaired) electrons. The molecule has 11 nitrogen and oxygen atoms in total. The fraction of sp³-hybridized carbons (Fsp3) is 0.391. The van der Waals surface area contributed by atoms with Crippen molar-refractivity contribution in [2.75, 3.05) is 19.8 Å². The van der Waals surface area contributed by atoms with Gasteiger partial charge in [0, 0.05) is 17.1 Å². The number of primary amides is 1. The first kappa shape index (κ1) is 23.5. The summed E-state index contributed by atoms with van der Waals surface area (Å²) in [5.74, 6) is -7.98. The first-order chi connectivity index (χ1) is 15.7. The highest BCUT2D eigenvalue weighted by molar-refractivity contribution is 6.25. The highest BCUT2D eigenvalue weighted by Gasteiger charge is 2.63. The van der Waals surface area contributed by atoms with Crippen LogP contribution in [0.1, 0.15) is 39.6 Å². The molecule has 1 aromatic rings. The summed E-state index contributed by atoms with van der Waals surface area (Å²) >= 11 is 0. The number of Topliss-reactive ketones (excluding diaryl/α,β-unsaturated/α-hetero) is 3. The summed E-state index contributed by atoms with van der Waals surface area (Å²) in [4.78, 5) is 52.4. The molecule has 0 bridgehead atoms. The molecule has 3 aliphatic rings. The average Bonchev–Trinajstić information content (AvgIpc) is 2.72. The van der Waals surface area contributed by atoms with Crippen LogP contribution in [0.25, 0.3) is 0 Å². The van der Waals surface area contributed by atoms with Crippen molar-refractivity contribution >= 4 is 28.9 Å². The molecule has 4 atom stereocenters. The number of nitrogen functional groups attached to an aromatic ring is 1. The van der Waals surface area contributed by atoms with Gasteiger partial charge in [-0.2, -0.15) is 0 Å². The second-order valence-electron chi connectivity index (χ2n) is 9.23. The molecule has 0 aliphatic heterocycles. The predicted octanol–water partition coefficient (Wildman–Crippen LogP) is -0.0946. The molecule has 0 unspecified atom stereocenters. The van der Waals surface area contributed by atoms with E-state index in [9.17, 15) is 39.6 Å². The van der Waals surface area contributed by atoms with Crippen molar-refractivity contribution in [2.45, 2.75) is 31.4 Å². The SMILES string of the molecule is CC(=O)c1cc(N)c(O)c2c1C[C@H]1C[C@H]3[C@H](N(C)C)C(O)=C(C(N)=O)C(=O)[C@@]3(O)C(O)=C1C2=O. The van der Waals surface area contributed by atoms with Crippen LogP contribution >= 0.6 is 0 Å². The molecular weight excluding hydrogens is 446 g/mol. The zero-order chi connectivity index (χ0) is 25.4. The summed E-state index contributed by atoms with van der Waals surface area (Å²) in [7, 11) is 3.09. The normalized spacial score (nSPS) is 28.6. The Kier molecular flexibility index (Phi) is 5.11. The van der Waals surface area contributed by atoms with Crippen LogP contribution in [0.5, 0.6) is 5.75 Å². The molecule has 0 saturated heterocycles. The third-order valence-corrected chi connectivity index (χ3v) is 7.13. The van der Waals surface area contributed by atoms with Gasteiger partial charge in [-0.1, -0.05) is 0 Å². The second kappa shape index (κ2) is 7.40. The number of rotatable bonds is 3. The summed E-state index contributed by atoms with van der Waals surface area (Å²) in [5, 5.41) is 43.9. The Morgan fingerprint density at radius 2 is 1.79 bits per heavy atom. The van der Waals surface area contributed by atoms with E-state index < -0.39 is 63.8 Å². The maximum Gasteiger partial charge on any atom is 0.255 e. The number of aliphatic hydroxyl groups is 3. The Hall–Kier alpha value is -3.70. The highest BCUT2D eigenvalue weighted by Crippen LogP contribution is 2.52. The van der Waals surface area contributed by atoms with Gasteiger partial charge >= 0.3 is 0 Å². The molecule has 34 heavy (non-hydrogen) atoms. The lowest BCUT2D eigenvalue weighted by Gasteiger charge is -2.50. The van der Waals surface area contributed by atoms with Crippen LogP contribution < -0.4 is 11.5 Å². The summed E-state index contributed by atoms with van der Waals surface area (Å²) < 4.78 is 0. The van der Waals surface area contributed by atoms with E-state index in [4.69, 9.17) is 11.5 Å². The number of hydrogen-bond donors (Lipinski definition) is 6.